The summed E-state index contributed by atoms with van der Waals surface area (Å²) in [5, 5.41) is 3.10. The third-order valence-electron chi connectivity index (χ3n) is 5.50. The molecule has 1 saturated heterocycles. The lowest BCUT2D eigenvalue weighted by Crippen LogP contribution is -2.52. The highest BCUT2D eigenvalue weighted by atomic mass is 16.5. The van der Waals surface area contributed by atoms with E-state index in [4.69, 9.17) is 4.74 Å². The van der Waals surface area contributed by atoms with Crippen LogP contribution in [0.15, 0.2) is 67.3 Å². The Bertz CT molecular complexity index is 840. The number of piperidine rings is 1. The van der Waals surface area contributed by atoms with Gasteiger partial charge in [0, 0.05) is 25.2 Å². The lowest BCUT2D eigenvalue weighted by Gasteiger charge is -2.40. The average molecular weight is 378 g/mol. The minimum absolute atomic E-state index is 0.0182. The fourth-order valence-electron chi connectivity index (χ4n) is 3.84. The molecule has 1 aliphatic rings. The van der Waals surface area contributed by atoms with Gasteiger partial charge >= 0.3 is 0 Å². The van der Waals surface area contributed by atoms with Crippen molar-refractivity contribution in [2.45, 2.75) is 24.8 Å². The average Bonchev–Trinajstić information content (AvgIpc) is 2.77. The Morgan fingerprint density at radius 2 is 1.75 bits per heavy atom. The molecule has 0 unspecified atom stereocenters. The number of rotatable bonds is 6. The van der Waals surface area contributed by atoms with Gasteiger partial charge in [0.15, 0.2) is 0 Å². The zero-order valence-corrected chi connectivity index (χ0v) is 16.2. The number of hydrogen-bond donors (Lipinski definition) is 1. The van der Waals surface area contributed by atoms with E-state index in [9.17, 15) is 9.59 Å². The van der Waals surface area contributed by atoms with E-state index in [1.807, 2.05) is 54.6 Å². The predicted molar refractivity (Wildman–Crippen MR) is 109 cm³/mol. The Balaban J connectivity index is 1.81. The van der Waals surface area contributed by atoms with Crippen LogP contribution in [0, 0.1) is 0 Å². The molecule has 0 aromatic heterocycles. The molecule has 0 atom stereocenters. The summed E-state index contributed by atoms with van der Waals surface area (Å²) in [6.45, 7) is 5.02. The number of benzene rings is 2. The molecule has 0 spiro atoms. The van der Waals surface area contributed by atoms with E-state index in [1.54, 1.807) is 12.0 Å². The number of carbonyl (C=O) groups is 2. The second-order valence-corrected chi connectivity index (χ2v) is 6.97. The summed E-state index contributed by atoms with van der Waals surface area (Å²) < 4.78 is 5.38. The van der Waals surface area contributed by atoms with Gasteiger partial charge in [-0.05, 0) is 30.5 Å². The highest BCUT2D eigenvalue weighted by molar-refractivity contribution is 5.90. The molecule has 1 N–H and O–H groups in total. The van der Waals surface area contributed by atoms with Crippen molar-refractivity contribution in [2.75, 3.05) is 20.2 Å². The first kappa shape index (κ1) is 19.7. The van der Waals surface area contributed by atoms with Crippen LogP contribution in [0.4, 0.5) is 0 Å². The molecule has 2 aromatic carbocycles. The number of hydrogen-bond acceptors (Lipinski definition) is 3. The zero-order valence-electron chi connectivity index (χ0n) is 16.2. The number of amides is 2. The molecule has 0 saturated carbocycles. The van der Waals surface area contributed by atoms with Crippen molar-refractivity contribution < 1.29 is 14.3 Å². The van der Waals surface area contributed by atoms with Crippen LogP contribution in [0.25, 0.3) is 0 Å². The maximum Gasteiger partial charge on any atom is 0.245 e. The van der Waals surface area contributed by atoms with Crippen molar-refractivity contribution in [1.82, 2.24) is 10.2 Å². The standard InChI is InChI=1S/C23H26N2O3/c1-3-21(26)25-15-13-23(14-16-25,19-10-5-4-6-11-19)22(27)24-17-18-9-7-8-12-20(18)28-2/h3-12H,1,13-17H2,2H3,(H,24,27). The lowest BCUT2D eigenvalue weighted by molar-refractivity contribution is -0.134. The predicted octanol–water partition coefficient (Wildman–Crippen LogP) is 3.06. The quantitative estimate of drug-likeness (QED) is 0.786. The highest BCUT2D eigenvalue weighted by Crippen LogP contribution is 2.36. The second kappa shape index (κ2) is 8.74. The van der Waals surface area contributed by atoms with Crippen LogP contribution in [0.2, 0.25) is 0 Å². The molecule has 28 heavy (non-hydrogen) atoms. The number of nitrogens with one attached hydrogen (secondary N) is 1. The van der Waals surface area contributed by atoms with Gasteiger partial charge in [-0.1, -0.05) is 55.1 Å². The molecule has 2 aromatic rings. The summed E-state index contributed by atoms with van der Waals surface area (Å²) >= 11 is 0. The van der Waals surface area contributed by atoms with Gasteiger partial charge in [-0.3, -0.25) is 9.59 Å². The molecule has 5 nitrogen and oxygen atoms in total. The van der Waals surface area contributed by atoms with Crippen molar-refractivity contribution in [1.29, 1.82) is 0 Å². The smallest absolute Gasteiger partial charge is 0.245 e. The van der Waals surface area contributed by atoms with Gasteiger partial charge < -0.3 is 15.0 Å². The normalized spacial score (nSPS) is 15.5. The molecular formula is C23H26N2O3. The van der Waals surface area contributed by atoms with Gasteiger partial charge in [0.2, 0.25) is 11.8 Å². The van der Waals surface area contributed by atoms with Crippen LogP contribution in [-0.2, 0) is 21.5 Å². The van der Waals surface area contributed by atoms with Crippen LogP contribution in [0.5, 0.6) is 5.75 Å². The van der Waals surface area contributed by atoms with E-state index in [1.165, 1.54) is 6.08 Å². The monoisotopic (exact) mass is 378 g/mol. The third kappa shape index (κ3) is 3.93. The molecule has 146 valence electrons. The van der Waals surface area contributed by atoms with Crippen molar-refractivity contribution in [2.24, 2.45) is 0 Å². The maximum atomic E-state index is 13.4. The minimum atomic E-state index is -0.652. The van der Waals surface area contributed by atoms with E-state index < -0.39 is 5.41 Å². The molecule has 5 heteroatoms. The van der Waals surface area contributed by atoms with Gasteiger partial charge in [-0.25, -0.2) is 0 Å². The number of carbonyl (C=O) groups excluding carboxylic acids is 2. The molecule has 1 heterocycles. The molecule has 0 aliphatic carbocycles. The van der Waals surface area contributed by atoms with E-state index in [0.717, 1.165) is 16.9 Å². The zero-order chi connectivity index (χ0) is 20.0. The first-order chi connectivity index (χ1) is 13.6. The van der Waals surface area contributed by atoms with Gasteiger partial charge in [0.1, 0.15) is 5.75 Å². The Kier molecular flexibility index (Phi) is 6.14. The largest absolute Gasteiger partial charge is 0.496 e. The first-order valence-electron chi connectivity index (χ1n) is 9.48. The number of ether oxygens (including phenoxy) is 1. The molecule has 2 amide bonds. The van der Waals surface area contributed by atoms with Gasteiger partial charge in [0.05, 0.1) is 12.5 Å². The van der Waals surface area contributed by atoms with E-state index in [0.29, 0.717) is 32.5 Å². The summed E-state index contributed by atoms with van der Waals surface area (Å²) in [7, 11) is 1.62. The van der Waals surface area contributed by atoms with Crippen molar-refractivity contribution >= 4 is 11.8 Å². The van der Waals surface area contributed by atoms with Gasteiger partial charge in [0.25, 0.3) is 0 Å². The Hall–Kier alpha value is -3.08. The van der Waals surface area contributed by atoms with Crippen LogP contribution in [0.3, 0.4) is 0 Å². The molecule has 1 aliphatic heterocycles. The summed E-state index contributed by atoms with van der Waals surface area (Å²) in [5.41, 5.74) is 1.26. The Labute approximate surface area is 166 Å². The summed E-state index contributed by atoms with van der Waals surface area (Å²) in [5.74, 6) is 0.648. The Morgan fingerprint density at radius 3 is 2.39 bits per heavy atom. The van der Waals surface area contributed by atoms with Gasteiger partial charge in [-0.15, -0.1) is 0 Å². The maximum absolute atomic E-state index is 13.4. The fourth-order valence-corrected chi connectivity index (χ4v) is 3.84. The molecule has 0 bridgehead atoms. The van der Waals surface area contributed by atoms with Gasteiger partial charge in [-0.2, -0.15) is 0 Å². The topological polar surface area (TPSA) is 58.6 Å². The second-order valence-electron chi connectivity index (χ2n) is 6.97. The number of nitrogens with zero attached hydrogens (tertiary/aromatic N) is 1. The third-order valence-corrected chi connectivity index (χ3v) is 5.50. The first-order valence-corrected chi connectivity index (χ1v) is 9.48. The number of methoxy groups -OCH3 is 1. The summed E-state index contributed by atoms with van der Waals surface area (Å²) in [6, 6.07) is 17.5. The van der Waals surface area contributed by atoms with E-state index in [2.05, 4.69) is 11.9 Å². The number of para-hydroxylation sites is 1. The lowest BCUT2D eigenvalue weighted by atomic mass is 9.72. The minimum Gasteiger partial charge on any atom is -0.496 e. The van der Waals surface area contributed by atoms with Crippen molar-refractivity contribution in [3.63, 3.8) is 0 Å². The SMILES string of the molecule is C=CC(=O)N1CCC(C(=O)NCc2ccccc2OC)(c2ccccc2)CC1. The molecular weight excluding hydrogens is 352 g/mol. The van der Waals surface area contributed by atoms with Crippen molar-refractivity contribution in [3.8, 4) is 5.75 Å². The van der Waals surface area contributed by atoms with Crippen LogP contribution < -0.4 is 10.1 Å². The molecule has 1 fully saturated rings. The summed E-state index contributed by atoms with van der Waals surface area (Å²) in [4.78, 5) is 27.1. The van der Waals surface area contributed by atoms with Crippen molar-refractivity contribution in [3.05, 3.63) is 78.4 Å². The Morgan fingerprint density at radius 1 is 1.11 bits per heavy atom. The van der Waals surface area contributed by atoms with Crippen LogP contribution in [0.1, 0.15) is 24.0 Å². The fraction of sp³-hybridized carbons (Fsp3) is 0.304. The van der Waals surface area contributed by atoms with E-state index >= 15 is 0 Å². The molecule has 0 radical (unpaired) electrons. The number of likely N-dealkylation sites (tertiary alicyclic amines) is 1. The van der Waals surface area contributed by atoms with Crippen LogP contribution in [-0.4, -0.2) is 36.9 Å². The van der Waals surface area contributed by atoms with Crippen LogP contribution >= 0.6 is 0 Å². The summed E-state index contributed by atoms with van der Waals surface area (Å²) in [6.07, 6.45) is 2.49. The highest BCUT2D eigenvalue weighted by Gasteiger charge is 2.43. The molecule has 3 rings (SSSR count). The van der Waals surface area contributed by atoms with E-state index in [-0.39, 0.29) is 11.8 Å².